The molecule has 0 atom stereocenters. The van der Waals surface area contributed by atoms with Crippen molar-refractivity contribution in [1.29, 1.82) is 0 Å². The zero-order valence-corrected chi connectivity index (χ0v) is 9.93. The molecule has 0 aliphatic heterocycles. The molecule has 15 heavy (non-hydrogen) atoms. The molecule has 1 amide bonds. The van der Waals surface area contributed by atoms with E-state index in [9.17, 15) is 4.79 Å². The monoisotopic (exact) mass is 214 g/mol. The van der Waals surface area contributed by atoms with E-state index in [1.165, 1.54) is 0 Å². The summed E-state index contributed by atoms with van der Waals surface area (Å²) in [4.78, 5) is 11.4. The Morgan fingerprint density at radius 2 is 2.07 bits per heavy atom. The second-order valence-corrected chi connectivity index (χ2v) is 5.38. The normalized spacial score (nSPS) is 18.7. The van der Waals surface area contributed by atoms with Crippen LogP contribution in [0.5, 0.6) is 0 Å². The van der Waals surface area contributed by atoms with Gasteiger partial charge in [0.25, 0.3) is 0 Å². The summed E-state index contributed by atoms with van der Waals surface area (Å²) in [6.45, 7) is 7.28. The third kappa shape index (κ3) is 4.62. The topological polar surface area (TPSA) is 64.3 Å². The number of nitrogens with one attached hydrogen (secondary N) is 1. The number of amides is 1. The van der Waals surface area contributed by atoms with Gasteiger partial charge in [0.05, 0.1) is 5.60 Å². The third-order valence-electron chi connectivity index (χ3n) is 2.69. The minimum atomic E-state index is -0.261. The maximum atomic E-state index is 11.4. The standard InChI is InChI=1S/C11H22N2O2/c1-10(2,3)15-6-9(14)13-8-11(7-12)4-5-11/h4-8,12H2,1-3H3,(H,13,14). The van der Waals surface area contributed by atoms with Crippen LogP contribution in [0.2, 0.25) is 0 Å². The molecule has 0 radical (unpaired) electrons. The average molecular weight is 214 g/mol. The van der Waals surface area contributed by atoms with Crippen LogP contribution in [-0.4, -0.2) is 31.2 Å². The lowest BCUT2D eigenvalue weighted by Crippen LogP contribution is -2.37. The van der Waals surface area contributed by atoms with Crippen LogP contribution in [0.4, 0.5) is 0 Å². The molecule has 0 aromatic carbocycles. The summed E-state index contributed by atoms with van der Waals surface area (Å²) in [5.74, 6) is -0.0512. The van der Waals surface area contributed by atoms with Crippen LogP contribution in [0.3, 0.4) is 0 Å². The van der Waals surface area contributed by atoms with Gasteiger partial charge in [-0.2, -0.15) is 0 Å². The molecule has 0 aromatic rings. The first-order valence-corrected chi connectivity index (χ1v) is 5.48. The van der Waals surface area contributed by atoms with Crippen LogP contribution in [0.25, 0.3) is 0 Å². The van der Waals surface area contributed by atoms with Crippen molar-refractivity contribution in [2.24, 2.45) is 11.1 Å². The van der Waals surface area contributed by atoms with Gasteiger partial charge >= 0.3 is 0 Å². The second-order valence-electron chi connectivity index (χ2n) is 5.38. The van der Waals surface area contributed by atoms with Crippen LogP contribution < -0.4 is 11.1 Å². The molecule has 0 aromatic heterocycles. The minimum absolute atomic E-state index is 0.0512. The smallest absolute Gasteiger partial charge is 0.246 e. The molecule has 3 N–H and O–H groups in total. The molecule has 4 heteroatoms. The third-order valence-corrected chi connectivity index (χ3v) is 2.69. The van der Waals surface area contributed by atoms with Gasteiger partial charge in [0.2, 0.25) is 5.91 Å². The number of hydrogen-bond acceptors (Lipinski definition) is 3. The number of carbonyl (C=O) groups excluding carboxylic acids is 1. The zero-order valence-electron chi connectivity index (χ0n) is 9.93. The first-order chi connectivity index (χ1) is 6.87. The highest BCUT2D eigenvalue weighted by Gasteiger charge is 2.41. The van der Waals surface area contributed by atoms with Gasteiger partial charge < -0.3 is 15.8 Å². The van der Waals surface area contributed by atoms with Crippen LogP contribution in [-0.2, 0) is 9.53 Å². The molecule has 0 heterocycles. The molecule has 1 rings (SSSR count). The first kappa shape index (κ1) is 12.5. The van der Waals surface area contributed by atoms with Crippen LogP contribution in [0, 0.1) is 5.41 Å². The van der Waals surface area contributed by atoms with Gasteiger partial charge in [-0.3, -0.25) is 4.79 Å². The van der Waals surface area contributed by atoms with E-state index in [2.05, 4.69) is 5.32 Å². The molecule has 0 bridgehead atoms. The van der Waals surface area contributed by atoms with Crippen molar-refractivity contribution in [3.05, 3.63) is 0 Å². The van der Waals surface area contributed by atoms with Gasteiger partial charge in [-0.25, -0.2) is 0 Å². The Morgan fingerprint density at radius 1 is 1.47 bits per heavy atom. The predicted octanol–water partition coefficient (Wildman–Crippen LogP) is 0.657. The Morgan fingerprint density at radius 3 is 2.47 bits per heavy atom. The Labute approximate surface area is 91.5 Å². The quantitative estimate of drug-likeness (QED) is 0.706. The van der Waals surface area contributed by atoms with Gasteiger partial charge in [0.15, 0.2) is 0 Å². The molecule has 88 valence electrons. The van der Waals surface area contributed by atoms with Crippen molar-refractivity contribution < 1.29 is 9.53 Å². The fourth-order valence-electron chi connectivity index (χ4n) is 1.25. The Bertz CT molecular complexity index is 229. The Balaban J connectivity index is 2.14. The summed E-state index contributed by atoms with van der Waals surface area (Å²) < 4.78 is 5.37. The number of nitrogens with two attached hydrogens (primary N) is 1. The highest BCUT2D eigenvalue weighted by molar-refractivity contribution is 5.77. The fraction of sp³-hybridized carbons (Fsp3) is 0.909. The summed E-state index contributed by atoms with van der Waals surface area (Å²) in [5.41, 5.74) is 5.55. The van der Waals surface area contributed by atoms with Crippen molar-refractivity contribution in [2.75, 3.05) is 19.7 Å². The minimum Gasteiger partial charge on any atom is -0.366 e. The van der Waals surface area contributed by atoms with Crippen molar-refractivity contribution >= 4 is 5.91 Å². The highest BCUT2D eigenvalue weighted by atomic mass is 16.5. The summed E-state index contributed by atoms with van der Waals surface area (Å²) >= 11 is 0. The van der Waals surface area contributed by atoms with Crippen molar-refractivity contribution in [1.82, 2.24) is 5.32 Å². The lowest BCUT2D eigenvalue weighted by molar-refractivity contribution is -0.130. The Hall–Kier alpha value is -0.610. The molecule has 4 nitrogen and oxygen atoms in total. The maximum Gasteiger partial charge on any atom is 0.246 e. The van der Waals surface area contributed by atoms with Gasteiger partial charge in [-0.1, -0.05) is 0 Å². The van der Waals surface area contributed by atoms with E-state index in [1.54, 1.807) is 0 Å². The SMILES string of the molecule is CC(C)(C)OCC(=O)NCC1(CN)CC1. The van der Waals surface area contributed by atoms with Crippen molar-refractivity contribution in [3.63, 3.8) is 0 Å². The first-order valence-electron chi connectivity index (χ1n) is 5.48. The highest BCUT2D eigenvalue weighted by Crippen LogP contribution is 2.43. The summed E-state index contributed by atoms with van der Waals surface area (Å²) in [6.07, 6.45) is 2.26. The number of ether oxygens (including phenoxy) is 1. The summed E-state index contributed by atoms with van der Waals surface area (Å²) in [7, 11) is 0. The van der Waals surface area contributed by atoms with Crippen LogP contribution >= 0.6 is 0 Å². The molecule has 1 aliphatic rings. The molecule has 1 aliphatic carbocycles. The van der Waals surface area contributed by atoms with E-state index >= 15 is 0 Å². The van der Waals surface area contributed by atoms with E-state index in [4.69, 9.17) is 10.5 Å². The molecular weight excluding hydrogens is 192 g/mol. The van der Waals surface area contributed by atoms with Crippen LogP contribution in [0.15, 0.2) is 0 Å². The predicted molar refractivity (Wildman–Crippen MR) is 59.4 cm³/mol. The van der Waals surface area contributed by atoms with E-state index in [0.29, 0.717) is 13.1 Å². The Kier molecular flexibility index (Phi) is 3.73. The zero-order chi connectivity index (χ0) is 11.5. The average Bonchev–Trinajstić information content (AvgIpc) is 2.91. The summed E-state index contributed by atoms with van der Waals surface area (Å²) in [5, 5.41) is 2.86. The number of carbonyl (C=O) groups is 1. The molecule has 1 fully saturated rings. The maximum absolute atomic E-state index is 11.4. The second kappa shape index (κ2) is 4.49. The van der Waals surface area contributed by atoms with E-state index < -0.39 is 0 Å². The van der Waals surface area contributed by atoms with E-state index in [0.717, 1.165) is 12.8 Å². The van der Waals surface area contributed by atoms with E-state index in [1.807, 2.05) is 20.8 Å². The van der Waals surface area contributed by atoms with Crippen molar-refractivity contribution in [2.45, 2.75) is 39.2 Å². The van der Waals surface area contributed by atoms with Crippen molar-refractivity contribution in [3.8, 4) is 0 Å². The van der Waals surface area contributed by atoms with E-state index in [-0.39, 0.29) is 23.5 Å². The largest absolute Gasteiger partial charge is 0.366 e. The van der Waals surface area contributed by atoms with Crippen LogP contribution in [0.1, 0.15) is 33.6 Å². The number of hydrogen-bond donors (Lipinski definition) is 2. The molecular formula is C11H22N2O2. The number of rotatable bonds is 5. The van der Waals surface area contributed by atoms with Gasteiger partial charge in [0, 0.05) is 6.54 Å². The fourth-order valence-corrected chi connectivity index (χ4v) is 1.25. The molecule has 0 spiro atoms. The summed E-state index contributed by atoms with van der Waals surface area (Å²) in [6, 6.07) is 0. The van der Waals surface area contributed by atoms with Gasteiger partial charge in [-0.05, 0) is 45.6 Å². The lowest BCUT2D eigenvalue weighted by atomic mass is 10.1. The van der Waals surface area contributed by atoms with Gasteiger partial charge in [0.1, 0.15) is 6.61 Å². The van der Waals surface area contributed by atoms with Gasteiger partial charge in [-0.15, -0.1) is 0 Å². The lowest BCUT2D eigenvalue weighted by Gasteiger charge is -2.20. The molecule has 0 saturated heterocycles. The molecule has 1 saturated carbocycles. The molecule has 0 unspecified atom stereocenters.